The third kappa shape index (κ3) is 4.63. The lowest BCUT2D eigenvalue weighted by molar-refractivity contribution is 1.07. The zero-order valence-corrected chi connectivity index (χ0v) is 27.1. The van der Waals surface area contributed by atoms with Crippen LogP contribution >= 0.6 is 11.3 Å². The number of benzene rings is 7. The Bertz CT molecular complexity index is 3250. The number of nitrogens with zero attached hydrogens (tertiary/aromatic N) is 4. The highest BCUT2D eigenvalue weighted by Gasteiger charge is 2.22. The van der Waals surface area contributed by atoms with E-state index in [9.17, 15) is 2.74 Å². The molecule has 10 rings (SSSR count). The van der Waals surface area contributed by atoms with Crippen molar-refractivity contribution in [3.63, 3.8) is 0 Å². The normalized spacial score (nSPS) is 13.8. The quantitative estimate of drug-likeness (QED) is 0.184. The summed E-state index contributed by atoms with van der Waals surface area (Å²) in [4.78, 5) is 15.3. The van der Waals surface area contributed by atoms with E-state index in [0.717, 1.165) is 26.8 Å². The van der Waals surface area contributed by atoms with E-state index < -0.39 is 48.3 Å². The van der Waals surface area contributed by atoms with Gasteiger partial charge in [0.1, 0.15) is 0 Å². The van der Waals surface area contributed by atoms with Crippen molar-refractivity contribution in [1.29, 1.82) is 0 Å². The predicted molar refractivity (Wildman–Crippen MR) is 209 cm³/mol. The molecule has 4 nitrogen and oxygen atoms in total. The Morgan fingerprint density at radius 2 is 1.06 bits per heavy atom. The van der Waals surface area contributed by atoms with Crippen LogP contribution in [0.4, 0.5) is 0 Å². The molecule has 234 valence electrons. The molecule has 0 radical (unpaired) electrons. The summed E-state index contributed by atoms with van der Waals surface area (Å²) in [5.41, 5.74) is 3.83. The zero-order chi connectivity index (χ0) is 40.0. The molecule has 3 heterocycles. The van der Waals surface area contributed by atoms with Gasteiger partial charge < -0.3 is 4.57 Å². The van der Waals surface area contributed by atoms with Gasteiger partial charge in [0.05, 0.1) is 33.3 Å². The Hall–Kier alpha value is -6.43. The second kappa shape index (κ2) is 11.6. The maximum atomic E-state index is 9.22. The van der Waals surface area contributed by atoms with Crippen LogP contribution in [0.5, 0.6) is 0 Å². The molecule has 0 fully saturated rings. The van der Waals surface area contributed by atoms with E-state index in [2.05, 4.69) is 24.3 Å². The number of para-hydroxylation sites is 2. The van der Waals surface area contributed by atoms with E-state index in [-0.39, 0.29) is 27.6 Å². The fourth-order valence-corrected chi connectivity index (χ4v) is 7.82. The van der Waals surface area contributed by atoms with Crippen molar-refractivity contribution < 1.29 is 11.0 Å². The fraction of sp³-hybridized carbons (Fsp3) is 0. The molecule has 0 bridgehead atoms. The summed E-state index contributed by atoms with van der Waals surface area (Å²) >= 11 is 1.69. The first-order valence-corrected chi connectivity index (χ1v) is 16.9. The molecule has 0 amide bonds. The number of hydrogen-bond acceptors (Lipinski definition) is 4. The Labute approximate surface area is 303 Å². The number of thiophene rings is 1. The van der Waals surface area contributed by atoms with E-state index in [1.165, 1.54) is 14.7 Å². The molecule has 7 aromatic carbocycles. The van der Waals surface area contributed by atoms with Gasteiger partial charge in [0.25, 0.3) is 0 Å². The summed E-state index contributed by atoms with van der Waals surface area (Å²) in [7, 11) is 0. The first-order valence-electron chi connectivity index (χ1n) is 20.1. The summed E-state index contributed by atoms with van der Waals surface area (Å²) in [6, 6.07) is 35.5. The van der Waals surface area contributed by atoms with Crippen LogP contribution in [0.15, 0.2) is 170 Å². The third-order valence-corrected chi connectivity index (χ3v) is 10.1. The average Bonchev–Trinajstić information content (AvgIpc) is 3.83. The first-order chi connectivity index (χ1) is 28.1. The highest BCUT2D eigenvalue weighted by molar-refractivity contribution is 7.25. The molecule has 0 N–H and O–H groups in total. The molecule has 0 atom stereocenters. The minimum absolute atomic E-state index is 0.00670. The lowest BCUT2D eigenvalue weighted by Crippen LogP contribution is -2.05. The van der Waals surface area contributed by atoms with Crippen LogP contribution in [0.2, 0.25) is 0 Å². The monoisotopic (exact) mass is 664 g/mol. The maximum Gasteiger partial charge on any atom is 0.166 e. The Morgan fingerprint density at radius 3 is 1.80 bits per heavy atom. The van der Waals surface area contributed by atoms with Crippen LogP contribution in [0.1, 0.15) is 11.0 Å². The van der Waals surface area contributed by atoms with E-state index in [4.69, 9.17) is 23.2 Å². The van der Waals surface area contributed by atoms with Crippen molar-refractivity contribution in [2.24, 2.45) is 0 Å². The molecule has 0 spiro atoms. The standard InChI is InChI=1S/C45H28N4S/c1-3-14-29(15-4-1)32-21-13-24-39(49-37-22-10-7-18-33(37)34-19-8-11-23-38(34)49)42(32)45-47-43(30-16-5-2-6-17-30)46-44(48-45)31-26-27-36-35-20-9-12-25-40(35)50-41(36)28-31/h1-28H/i7D,8D,10D,11D,18D,19D,22D,23D. The van der Waals surface area contributed by atoms with Gasteiger partial charge in [-0.3, -0.25) is 0 Å². The van der Waals surface area contributed by atoms with Crippen molar-refractivity contribution >= 4 is 53.3 Å². The van der Waals surface area contributed by atoms with Gasteiger partial charge in [0.15, 0.2) is 17.5 Å². The average molecular weight is 665 g/mol. The molecule has 0 saturated carbocycles. The highest BCUT2D eigenvalue weighted by atomic mass is 32.1. The molecule has 5 heteroatoms. The number of aromatic nitrogens is 4. The van der Waals surface area contributed by atoms with Crippen LogP contribution in [-0.2, 0) is 0 Å². The minimum atomic E-state index is -0.507. The maximum absolute atomic E-state index is 9.22. The van der Waals surface area contributed by atoms with Gasteiger partial charge in [0.2, 0.25) is 0 Å². The van der Waals surface area contributed by atoms with Crippen molar-refractivity contribution in [3.8, 4) is 51.0 Å². The fourth-order valence-electron chi connectivity index (χ4n) is 6.68. The molecular weight excluding hydrogens is 629 g/mol. The summed E-state index contributed by atoms with van der Waals surface area (Å²) in [5.74, 6) is 1.06. The van der Waals surface area contributed by atoms with Gasteiger partial charge in [-0.05, 0) is 41.4 Å². The summed E-state index contributed by atoms with van der Waals surface area (Å²) in [6.07, 6.45) is 0. The van der Waals surface area contributed by atoms with Crippen molar-refractivity contribution in [1.82, 2.24) is 19.5 Å². The van der Waals surface area contributed by atoms with E-state index in [1.807, 2.05) is 91.0 Å². The molecule has 10 aromatic rings. The van der Waals surface area contributed by atoms with Crippen molar-refractivity contribution in [3.05, 3.63) is 170 Å². The second-order valence-electron chi connectivity index (χ2n) is 11.8. The minimum Gasteiger partial charge on any atom is -0.308 e. The van der Waals surface area contributed by atoms with E-state index in [0.29, 0.717) is 28.5 Å². The van der Waals surface area contributed by atoms with Crippen molar-refractivity contribution in [2.75, 3.05) is 0 Å². The van der Waals surface area contributed by atoms with Crippen LogP contribution in [0, 0.1) is 0 Å². The molecule has 0 unspecified atom stereocenters. The topological polar surface area (TPSA) is 43.6 Å². The Morgan fingerprint density at radius 1 is 0.460 bits per heavy atom. The molecule has 0 aliphatic heterocycles. The SMILES string of the molecule is [2H]c1c([2H])c([2H])c2c(c1[2H])c1c([2H])c([2H])c([2H])c([2H])c1n2-c1cccc(-c2ccccc2)c1-c1nc(-c2ccccc2)nc(-c2ccc3c(c2)sc2ccccc23)n1. The third-order valence-electron chi connectivity index (χ3n) is 8.93. The number of hydrogen-bond donors (Lipinski definition) is 0. The Kier molecular flexibility index (Phi) is 5.00. The predicted octanol–water partition coefficient (Wildman–Crippen LogP) is 12.0. The van der Waals surface area contributed by atoms with Crippen LogP contribution < -0.4 is 0 Å². The van der Waals surface area contributed by atoms with Crippen LogP contribution in [0.25, 0.3) is 93.0 Å². The van der Waals surface area contributed by atoms with Crippen LogP contribution in [0.3, 0.4) is 0 Å². The van der Waals surface area contributed by atoms with Gasteiger partial charge in [-0.1, -0.05) is 139 Å². The lowest BCUT2D eigenvalue weighted by Gasteiger charge is -2.18. The first kappa shape index (κ1) is 21.5. The van der Waals surface area contributed by atoms with Gasteiger partial charge in [0, 0.05) is 42.1 Å². The second-order valence-corrected chi connectivity index (χ2v) is 12.9. The van der Waals surface area contributed by atoms with Gasteiger partial charge in [-0.2, -0.15) is 0 Å². The number of fused-ring (bicyclic) bond motifs is 6. The lowest BCUT2D eigenvalue weighted by atomic mass is 9.97. The molecule has 0 saturated heterocycles. The molecular formula is C45H28N4S. The largest absolute Gasteiger partial charge is 0.308 e. The Balaban J connectivity index is 1.36. The molecule has 0 aliphatic carbocycles. The summed E-state index contributed by atoms with van der Waals surface area (Å²) in [5, 5.41) is 2.27. The van der Waals surface area contributed by atoms with Crippen molar-refractivity contribution in [2.45, 2.75) is 0 Å². The number of rotatable bonds is 5. The van der Waals surface area contributed by atoms with Crippen LogP contribution in [-0.4, -0.2) is 19.5 Å². The summed E-state index contributed by atoms with van der Waals surface area (Å²) in [6.45, 7) is 0. The van der Waals surface area contributed by atoms with E-state index in [1.54, 1.807) is 17.4 Å². The smallest absolute Gasteiger partial charge is 0.166 e. The molecule has 50 heavy (non-hydrogen) atoms. The van der Waals surface area contributed by atoms with E-state index >= 15 is 0 Å². The highest BCUT2D eigenvalue weighted by Crippen LogP contribution is 2.41. The van der Waals surface area contributed by atoms with Gasteiger partial charge >= 0.3 is 0 Å². The van der Waals surface area contributed by atoms with Gasteiger partial charge in [-0.25, -0.2) is 15.0 Å². The molecule has 3 aromatic heterocycles. The summed E-state index contributed by atoms with van der Waals surface area (Å²) < 4.78 is 74.8. The molecule has 0 aliphatic rings. The van der Waals surface area contributed by atoms with Gasteiger partial charge in [-0.15, -0.1) is 11.3 Å². The zero-order valence-electron chi connectivity index (χ0n) is 34.2.